The highest BCUT2D eigenvalue weighted by molar-refractivity contribution is 6.20. The van der Waals surface area contributed by atoms with Crippen LogP contribution in [0.15, 0.2) is 12.3 Å². The van der Waals surface area contributed by atoms with Crippen molar-refractivity contribution in [3.63, 3.8) is 0 Å². The van der Waals surface area contributed by atoms with E-state index in [1.165, 1.54) is 0 Å². The summed E-state index contributed by atoms with van der Waals surface area (Å²) in [6, 6.07) is 1.95. The van der Waals surface area contributed by atoms with Crippen molar-refractivity contribution in [1.82, 2.24) is 9.97 Å². The number of ether oxygens (including phenoxy) is 1. The summed E-state index contributed by atoms with van der Waals surface area (Å²) in [6.07, 6.45) is 1.80. The van der Waals surface area contributed by atoms with Gasteiger partial charge < -0.3 is 9.64 Å². The minimum Gasteiger partial charge on any atom is -0.359 e. The second kappa shape index (κ2) is 4.97. The predicted octanol–water partition coefficient (Wildman–Crippen LogP) is 2.00. The Hall–Kier alpha value is -0.870. The van der Waals surface area contributed by atoms with Crippen molar-refractivity contribution in [2.45, 2.75) is 25.3 Å². The molecular formula is C11H16ClN3O. The molecule has 0 aromatic carbocycles. The maximum Gasteiger partial charge on any atom is 0.225 e. The van der Waals surface area contributed by atoms with Gasteiger partial charge in [0.25, 0.3) is 0 Å². The first-order valence-corrected chi connectivity index (χ1v) is 5.94. The average molecular weight is 242 g/mol. The van der Waals surface area contributed by atoms with Gasteiger partial charge in [-0.1, -0.05) is 25.4 Å². The van der Waals surface area contributed by atoms with Gasteiger partial charge in [0.15, 0.2) is 0 Å². The van der Waals surface area contributed by atoms with Gasteiger partial charge in [0.2, 0.25) is 5.95 Å². The molecule has 1 saturated heterocycles. The number of hydrogen-bond acceptors (Lipinski definition) is 4. The number of alkyl halides is 1. The van der Waals surface area contributed by atoms with E-state index < -0.39 is 0 Å². The highest BCUT2D eigenvalue weighted by atomic mass is 35.5. The van der Waals surface area contributed by atoms with E-state index >= 15 is 0 Å². The minimum absolute atomic E-state index is 0.264. The third-order valence-corrected chi connectivity index (χ3v) is 2.83. The lowest BCUT2D eigenvalue weighted by Crippen LogP contribution is -2.41. The SMILES string of the molecule is CC(C)c1ccnc(N2CCOC(Cl)C2)n1. The predicted molar refractivity (Wildman–Crippen MR) is 63.9 cm³/mol. The van der Waals surface area contributed by atoms with Crippen molar-refractivity contribution in [3.8, 4) is 0 Å². The summed E-state index contributed by atoms with van der Waals surface area (Å²) in [4.78, 5) is 10.9. The molecule has 1 aliphatic heterocycles. The smallest absolute Gasteiger partial charge is 0.225 e. The molecule has 1 aromatic heterocycles. The van der Waals surface area contributed by atoms with Crippen LogP contribution in [0, 0.1) is 0 Å². The standard InChI is InChI=1S/C11H16ClN3O/c1-8(2)9-3-4-13-11(14-9)15-5-6-16-10(12)7-15/h3-4,8,10H,5-7H2,1-2H3. The largest absolute Gasteiger partial charge is 0.359 e. The van der Waals surface area contributed by atoms with E-state index in [1.54, 1.807) is 6.20 Å². The Morgan fingerprint density at radius 1 is 1.56 bits per heavy atom. The molecule has 0 radical (unpaired) electrons. The quantitative estimate of drug-likeness (QED) is 0.743. The Labute approximate surface area is 101 Å². The zero-order chi connectivity index (χ0) is 11.5. The summed E-state index contributed by atoms with van der Waals surface area (Å²) in [7, 11) is 0. The Morgan fingerprint density at radius 3 is 3.06 bits per heavy atom. The van der Waals surface area contributed by atoms with Crippen LogP contribution in [0.3, 0.4) is 0 Å². The molecule has 0 saturated carbocycles. The van der Waals surface area contributed by atoms with Crippen LogP contribution in [0.5, 0.6) is 0 Å². The lowest BCUT2D eigenvalue weighted by Gasteiger charge is -2.30. The van der Waals surface area contributed by atoms with Gasteiger partial charge in [0.1, 0.15) is 5.56 Å². The molecule has 2 rings (SSSR count). The monoisotopic (exact) mass is 241 g/mol. The average Bonchev–Trinajstić information content (AvgIpc) is 2.29. The van der Waals surface area contributed by atoms with Crippen molar-refractivity contribution in [3.05, 3.63) is 18.0 Å². The van der Waals surface area contributed by atoms with Crippen molar-refractivity contribution < 1.29 is 4.74 Å². The molecular weight excluding hydrogens is 226 g/mol. The summed E-state index contributed by atoms with van der Waals surface area (Å²) in [5.41, 5.74) is 0.794. The van der Waals surface area contributed by atoms with Crippen LogP contribution in [0.1, 0.15) is 25.5 Å². The third-order valence-electron chi connectivity index (χ3n) is 2.56. The fraction of sp³-hybridized carbons (Fsp3) is 0.636. The fourth-order valence-electron chi connectivity index (χ4n) is 1.63. The Morgan fingerprint density at radius 2 is 2.38 bits per heavy atom. The van der Waals surface area contributed by atoms with E-state index in [0.29, 0.717) is 19.1 Å². The molecule has 0 spiro atoms. The molecule has 1 fully saturated rings. The summed E-state index contributed by atoms with van der Waals surface area (Å²) in [6.45, 7) is 6.31. The van der Waals surface area contributed by atoms with Crippen LogP contribution in [-0.2, 0) is 4.74 Å². The minimum atomic E-state index is -0.264. The fourth-order valence-corrected chi connectivity index (χ4v) is 1.88. The molecule has 1 aromatic rings. The zero-order valence-corrected chi connectivity index (χ0v) is 10.3. The molecule has 2 heterocycles. The number of morpholine rings is 1. The van der Waals surface area contributed by atoms with Crippen molar-refractivity contribution >= 4 is 17.5 Å². The Bertz CT molecular complexity index is 359. The van der Waals surface area contributed by atoms with Crippen LogP contribution < -0.4 is 4.90 Å². The van der Waals surface area contributed by atoms with Crippen LogP contribution in [0.4, 0.5) is 5.95 Å². The van der Waals surface area contributed by atoms with E-state index in [1.807, 2.05) is 6.07 Å². The molecule has 1 atom stereocenters. The summed E-state index contributed by atoms with van der Waals surface area (Å²) >= 11 is 5.94. The molecule has 1 aliphatic rings. The van der Waals surface area contributed by atoms with Crippen LogP contribution in [-0.4, -0.2) is 35.2 Å². The molecule has 0 amide bonds. The molecule has 0 bridgehead atoms. The highest BCUT2D eigenvalue weighted by Gasteiger charge is 2.20. The zero-order valence-electron chi connectivity index (χ0n) is 9.56. The number of anilines is 1. The van der Waals surface area contributed by atoms with E-state index in [2.05, 4.69) is 28.7 Å². The van der Waals surface area contributed by atoms with Crippen LogP contribution >= 0.6 is 11.6 Å². The van der Waals surface area contributed by atoms with Gasteiger partial charge in [-0.2, -0.15) is 0 Å². The van der Waals surface area contributed by atoms with Gasteiger partial charge in [0, 0.05) is 18.4 Å². The summed E-state index contributed by atoms with van der Waals surface area (Å²) in [5.74, 6) is 1.16. The Kier molecular flexibility index (Phi) is 3.61. The molecule has 16 heavy (non-hydrogen) atoms. The maximum atomic E-state index is 5.94. The molecule has 4 nitrogen and oxygen atoms in total. The van der Waals surface area contributed by atoms with Crippen molar-refractivity contribution in [2.75, 3.05) is 24.6 Å². The van der Waals surface area contributed by atoms with Crippen LogP contribution in [0.2, 0.25) is 0 Å². The number of hydrogen-bond donors (Lipinski definition) is 0. The van der Waals surface area contributed by atoms with E-state index in [9.17, 15) is 0 Å². The second-order valence-electron chi connectivity index (χ2n) is 4.16. The van der Waals surface area contributed by atoms with E-state index in [4.69, 9.17) is 16.3 Å². The normalized spacial score (nSPS) is 21.5. The van der Waals surface area contributed by atoms with Crippen molar-refractivity contribution in [2.24, 2.45) is 0 Å². The highest BCUT2D eigenvalue weighted by Crippen LogP contribution is 2.17. The van der Waals surface area contributed by atoms with Gasteiger partial charge in [-0.3, -0.25) is 0 Å². The molecule has 0 N–H and O–H groups in total. The van der Waals surface area contributed by atoms with E-state index in [-0.39, 0.29) is 5.56 Å². The second-order valence-corrected chi connectivity index (χ2v) is 4.65. The lowest BCUT2D eigenvalue weighted by atomic mass is 10.1. The number of halogens is 1. The van der Waals surface area contributed by atoms with Gasteiger partial charge in [0.05, 0.1) is 13.2 Å². The molecule has 88 valence electrons. The van der Waals surface area contributed by atoms with Gasteiger partial charge in [-0.05, 0) is 12.0 Å². The first-order chi connectivity index (χ1) is 7.66. The topological polar surface area (TPSA) is 38.2 Å². The molecule has 1 unspecified atom stereocenters. The number of aromatic nitrogens is 2. The first-order valence-electron chi connectivity index (χ1n) is 5.50. The lowest BCUT2D eigenvalue weighted by molar-refractivity contribution is 0.0927. The molecule has 0 aliphatic carbocycles. The van der Waals surface area contributed by atoms with Gasteiger partial charge in [-0.15, -0.1) is 0 Å². The molecule has 5 heteroatoms. The third kappa shape index (κ3) is 2.62. The van der Waals surface area contributed by atoms with Gasteiger partial charge >= 0.3 is 0 Å². The van der Waals surface area contributed by atoms with Crippen molar-refractivity contribution in [1.29, 1.82) is 0 Å². The van der Waals surface area contributed by atoms with Crippen LogP contribution in [0.25, 0.3) is 0 Å². The number of rotatable bonds is 2. The van der Waals surface area contributed by atoms with E-state index in [0.717, 1.165) is 18.2 Å². The first kappa shape index (κ1) is 11.6. The van der Waals surface area contributed by atoms with Gasteiger partial charge in [-0.25, -0.2) is 9.97 Å². The summed E-state index contributed by atoms with van der Waals surface area (Å²) in [5, 5.41) is 0. The Balaban J connectivity index is 2.16. The number of nitrogens with zero attached hydrogens (tertiary/aromatic N) is 3. The maximum absolute atomic E-state index is 5.94. The summed E-state index contributed by atoms with van der Waals surface area (Å²) < 4.78 is 5.28.